The third kappa shape index (κ3) is 6.37. The third-order valence-electron chi connectivity index (χ3n) is 8.01. The van der Waals surface area contributed by atoms with E-state index in [9.17, 15) is 9.59 Å². The van der Waals surface area contributed by atoms with Gasteiger partial charge in [0.05, 0.1) is 23.7 Å². The molecule has 42 heavy (non-hydrogen) atoms. The molecule has 0 spiro atoms. The highest BCUT2D eigenvalue weighted by molar-refractivity contribution is 5.96. The van der Waals surface area contributed by atoms with Gasteiger partial charge in [-0.05, 0) is 63.4 Å². The van der Waals surface area contributed by atoms with E-state index < -0.39 is 11.7 Å². The summed E-state index contributed by atoms with van der Waals surface area (Å²) in [6.45, 7) is 8.58. The molecule has 0 aliphatic carbocycles. The van der Waals surface area contributed by atoms with Crippen LogP contribution in [0.1, 0.15) is 27.2 Å². The summed E-state index contributed by atoms with van der Waals surface area (Å²) in [7, 11) is 7.63. The summed E-state index contributed by atoms with van der Waals surface area (Å²) in [6, 6.07) is 12.3. The Labute approximate surface area is 248 Å². The molecule has 1 aromatic carbocycles. The standard InChI is InChI=1S/C32H42N6O4/c1-32(2,3)42-31(40)37(7)14-15-41-29-11-8-21(18-33-29)26-17-28(24-10-9-23(35(4)5)16-27(24)34-26)38-19-22-12-13-36(6)30(39)25(22)20-38/h8-11,16-18,22,25H,12-15,19-20H2,1-7H3. The van der Waals surface area contributed by atoms with Gasteiger partial charge >= 0.3 is 6.09 Å². The first kappa shape index (κ1) is 29.4. The number of nitrogens with zero attached hydrogens (tertiary/aromatic N) is 6. The number of anilines is 2. The number of piperidine rings is 1. The van der Waals surface area contributed by atoms with Gasteiger partial charge in [-0.2, -0.15) is 0 Å². The molecule has 0 N–H and O–H groups in total. The number of aromatic nitrogens is 2. The first-order valence-corrected chi connectivity index (χ1v) is 14.5. The summed E-state index contributed by atoms with van der Waals surface area (Å²) in [5.41, 5.74) is 4.21. The van der Waals surface area contributed by atoms with Crippen LogP contribution in [0.5, 0.6) is 5.88 Å². The zero-order valence-electron chi connectivity index (χ0n) is 25.8. The molecule has 2 saturated heterocycles. The minimum absolute atomic E-state index is 0.0314. The molecule has 2 aromatic heterocycles. The number of fused-ring (bicyclic) bond motifs is 2. The average molecular weight is 575 g/mol. The lowest BCUT2D eigenvalue weighted by atomic mass is 9.88. The molecule has 0 bridgehead atoms. The van der Waals surface area contributed by atoms with E-state index in [4.69, 9.17) is 14.5 Å². The van der Waals surface area contributed by atoms with Gasteiger partial charge in [-0.25, -0.2) is 14.8 Å². The van der Waals surface area contributed by atoms with Gasteiger partial charge in [-0.15, -0.1) is 0 Å². The van der Waals surface area contributed by atoms with E-state index in [-0.39, 0.29) is 11.8 Å². The molecule has 2 fully saturated rings. The van der Waals surface area contributed by atoms with Gasteiger partial charge in [0.2, 0.25) is 11.8 Å². The molecule has 2 unspecified atom stereocenters. The van der Waals surface area contributed by atoms with Gasteiger partial charge in [-0.1, -0.05) is 0 Å². The second-order valence-electron chi connectivity index (χ2n) is 12.6. The van der Waals surface area contributed by atoms with Crippen molar-refractivity contribution in [1.29, 1.82) is 0 Å². The fourth-order valence-corrected chi connectivity index (χ4v) is 5.61. The zero-order chi connectivity index (χ0) is 30.2. The van der Waals surface area contributed by atoms with Gasteiger partial charge in [0, 0.05) is 82.4 Å². The molecule has 2 amide bonds. The highest BCUT2D eigenvalue weighted by Crippen LogP contribution is 2.39. The Hall–Kier alpha value is -4.08. The molecule has 0 radical (unpaired) electrons. The fraction of sp³-hybridized carbons (Fsp3) is 0.500. The van der Waals surface area contributed by atoms with Crippen molar-refractivity contribution >= 4 is 34.3 Å². The van der Waals surface area contributed by atoms with Crippen LogP contribution in [0, 0.1) is 11.8 Å². The molecule has 2 atom stereocenters. The number of pyridine rings is 2. The van der Waals surface area contributed by atoms with Gasteiger partial charge in [-0.3, -0.25) is 4.79 Å². The normalized spacial score (nSPS) is 18.7. The summed E-state index contributed by atoms with van der Waals surface area (Å²) >= 11 is 0. The predicted molar refractivity (Wildman–Crippen MR) is 165 cm³/mol. The Kier molecular flexibility index (Phi) is 8.17. The van der Waals surface area contributed by atoms with E-state index in [0.29, 0.717) is 31.5 Å². The highest BCUT2D eigenvalue weighted by atomic mass is 16.6. The van der Waals surface area contributed by atoms with Crippen LogP contribution in [0.2, 0.25) is 0 Å². The van der Waals surface area contributed by atoms with E-state index in [1.165, 1.54) is 4.90 Å². The number of amides is 2. The number of carbonyl (C=O) groups is 2. The molecule has 10 nitrogen and oxygen atoms in total. The van der Waals surface area contributed by atoms with Crippen molar-refractivity contribution in [2.45, 2.75) is 32.8 Å². The van der Waals surface area contributed by atoms with Crippen molar-refractivity contribution in [1.82, 2.24) is 19.8 Å². The second-order valence-corrected chi connectivity index (χ2v) is 12.6. The monoisotopic (exact) mass is 574 g/mol. The number of likely N-dealkylation sites (tertiary alicyclic amines) is 1. The van der Waals surface area contributed by atoms with Crippen LogP contribution in [0.25, 0.3) is 22.2 Å². The zero-order valence-corrected chi connectivity index (χ0v) is 25.8. The smallest absolute Gasteiger partial charge is 0.410 e. The van der Waals surface area contributed by atoms with Crippen LogP contribution in [-0.4, -0.2) is 98.3 Å². The number of benzene rings is 1. The molecular weight excluding hydrogens is 532 g/mol. The number of hydrogen-bond acceptors (Lipinski definition) is 8. The molecule has 2 aliphatic rings. The Bertz CT molecular complexity index is 1450. The van der Waals surface area contributed by atoms with Crippen LogP contribution < -0.4 is 14.5 Å². The highest BCUT2D eigenvalue weighted by Gasteiger charge is 2.42. The summed E-state index contributed by atoms with van der Waals surface area (Å²) in [5, 5.41) is 1.07. The number of hydrogen-bond donors (Lipinski definition) is 0. The minimum Gasteiger partial charge on any atom is -0.476 e. The van der Waals surface area contributed by atoms with E-state index >= 15 is 0 Å². The predicted octanol–water partition coefficient (Wildman–Crippen LogP) is 4.52. The number of carbonyl (C=O) groups excluding carboxylic acids is 2. The number of ether oxygens (including phenoxy) is 2. The molecule has 0 saturated carbocycles. The maximum Gasteiger partial charge on any atom is 0.410 e. The quantitative estimate of drug-likeness (QED) is 0.407. The maximum absolute atomic E-state index is 12.9. The summed E-state index contributed by atoms with van der Waals surface area (Å²) in [5.74, 6) is 1.12. The van der Waals surface area contributed by atoms with Crippen molar-refractivity contribution in [3.8, 4) is 17.1 Å². The van der Waals surface area contributed by atoms with Crippen LogP contribution in [0.15, 0.2) is 42.6 Å². The van der Waals surface area contributed by atoms with Crippen molar-refractivity contribution in [2.24, 2.45) is 11.8 Å². The van der Waals surface area contributed by atoms with Crippen LogP contribution in [-0.2, 0) is 9.53 Å². The Morgan fingerprint density at radius 3 is 2.57 bits per heavy atom. The summed E-state index contributed by atoms with van der Waals surface area (Å²) in [4.78, 5) is 42.4. The van der Waals surface area contributed by atoms with Crippen LogP contribution in [0.4, 0.5) is 16.2 Å². The van der Waals surface area contributed by atoms with Gasteiger partial charge in [0.1, 0.15) is 12.2 Å². The van der Waals surface area contributed by atoms with Gasteiger partial charge < -0.3 is 29.1 Å². The van der Waals surface area contributed by atoms with Crippen molar-refractivity contribution in [2.75, 3.05) is 70.8 Å². The van der Waals surface area contributed by atoms with Crippen molar-refractivity contribution in [3.05, 3.63) is 42.6 Å². The van der Waals surface area contributed by atoms with E-state index in [1.54, 1.807) is 13.2 Å². The molecule has 4 heterocycles. The summed E-state index contributed by atoms with van der Waals surface area (Å²) < 4.78 is 11.2. The summed E-state index contributed by atoms with van der Waals surface area (Å²) in [6.07, 6.45) is 2.41. The lowest BCUT2D eigenvalue weighted by Gasteiger charge is -2.30. The molecule has 2 aliphatic heterocycles. The van der Waals surface area contributed by atoms with E-state index in [2.05, 4.69) is 39.0 Å². The average Bonchev–Trinajstić information content (AvgIpc) is 3.38. The SMILES string of the molecule is CN(CCOc1ccc(-c2cc(N3CC4CCN(C)C(=O)C4C3)c3ccc(N(C)C)cc3n2)cn1)C(=O)OC(C)(C)C. The van der Waals surface area contributed by atoms with Crippen LogP contribution >= 0.6 is 0 Å². The van der Waals surface area contributed by atoms with E-state index in [0.717, 1.165) is 53.0 Å². The third-order valence-corrected chi connectivity index (χ3v) is 8.01. The fourth-order valence-electron chi connectivity index (χ4n) is 5.61. The van der Waals surface area contributed by atoms with Gasteiger partial charge in [0.25, 0.3) is 0 Å². The Balaban J connectivity index is 1.36. The minimum atomic E-state index is -0.546. The lowest BCUT2D eigenvalue weighted by molar-refractivity contribution is -0.137. The molecular formula is C32H42N6O4. The number of likely N-dealkylation sites (N-methyl/N-ethyl adjacent to an activating group) is 1. The van der Waals surface area contributed by atoms with Gasteiger partial charge in [0.15, 0.2) is 0 Å². The topological polar surface area (TPSA) is 91.3 Å². The molecule has 3 aromatic rings. The first-order chi connectivity index (χ1) is 19.9. The Morgan fingerprint density at radius 2 is 1.88 bits per heavy atom. The molecule has 224 valence electrons. The number of rotatable bonds is 7. The van der Waals surface area contributed by atoms with E-state index in [1.807, 2.05) is 58.9 Å². The van der Waals surface area contributed by atoms with Crippen LogP contribution in [0.3, 0.4) is 0 Å². The largest absolute Gasteiger partial charge is 0.476 e. The Morgan fingerprint density at radius 1 is 1.10 bits per heavy atom. The van der Waals surface area contributed by atoms with Crippen molar-refractivity contribution in [3.63, 3.8) is 0 Å². The lowest BCUT2D eigenvalue weighted by Crippen LogP contribution is -2.42. The second kappa shape index (κ2) is 11.7. The molecule has 5 rings (SSSR count). The first-order valence-electron chi connectivity index (χ1n) is 14.5. The van der Waals surface area contributed by atoms with Crippen molar-refractivity contribution < 1.29 is 19.1 Å². The molecule has 10 heteroatoms. The maximum atomic E-state index is 12.9.